The van der Waals surface area contributed by atoms with E-state index in [1.54, 1.807) is 0 Å². The molecule has 2 nitrogen and oxygen atoms in total. The van der Waals surface area contributed by atoms with Crippen LogP contribution in [0.2, 0.25) is 0 Å². The summed E-state index contributed by atoms with van der Waals surface area (Å²) in [6, 6.07) is 99.6. The van der Waals surface area contributed by atoms with E-state index in [4.69, 9.17) is 0 Å². The number of fused-ring (bicyclic) bond motifs is 9. The van der Waals surface area contributed by atoms with Gasteiger partial charge in [0, 0.05) is 53.1 Å². The van der Waals surface area contributed by atoms with Crippen molar-refractivity contribution in [2.75, 3.05) is 0 Å². The minimum Gasteiger partial charge on any atom is -0.309 e. The van der Waals surface area contributed by atoms with E-state index in [9.17, 15) is 0 Å². The second kappa shape index (κ2) is 16.3. The quantitative estimate of drug-likeness (QED) is 0.106. The van der Waals surface area contributed by atoms with Gasteiger partial charge in [-0.15, -0.1) is 11.3 Å². The Kier molecular flexibility index (Phi) is 9.44. The number of thiophene rings is 1. The molecule has 0 aliphatic carbocycles. The van der Waals surface area contributed by atoms with E-state index < -0.39 is 8.07 Å². The summed E-state index contributed by atoms with van der Waals surface area (Å²) in [4.78, 5) is 0. The molecule has 11 aromatic carbocycles. The van der Waals surface area contributed by atoms with Crippen molar-refractivity contribution >= 4 is 104 Å². The van der Waals surface area contributed by atoms with E-state index in [2.05, 4.69) is 276 Å². The molecule has 0 fully saturated rings. The van der Waals surface area contributed by atoms with Crippen molar-refractivity contribution in [1.82, 2.24) is 9.13 Å². The molecule has 0 radical (unpaired) electrons. The van der Waals surface area contributed by atoms with Gasteiger partial charge in [0.05, 0.1) is 22.1 Å². The van der Waals surface area contributed by atoms with Crippen LogP contribution in [0.15, 0.2) is 267 Å². The third-order valence-electron chi connectivity index (χ3n) is 14.7. The Hall–Kier alpha value is -8.54. The van der Waals surface area contributed by atoms with Crippen LogP contribution in [0.4, 0.5) is 0 Å². The lowest BCUT2D eigenvalue weighted by molar-refractivity contribution is 1.17. The Balaban J connectivity index is 0.964. The van der Waals surface area contributed by atoms with E-state index in [0.717, 1.165) is 11.4 Å². The fraction of sp³-hybridized carbons (Fsp3) is 0. The zero-order chi connectivity index (χ0) is 46.2. The number of rotatable bonds is 8. The molecule has 0 N–H and O–H groups in total. The largest absolute Gasteiger partial charge is 0.309 e. The first-order chi connectivity index (χ1) is 34.7. The average molecular weight is 925 g/mol. The van der Waals surface area contributed by atoms with Crippen LogP contribution in [0.25, 0.3) is 97.4 Å². The number of aromatic nitrogens is 2. The summed E-state index contributed by atoms with van der Waals surface area (Å²) >= 11 is 1.87. The van der Waals surface area contributed by atoms with Crippen molar-refractivity contribution in [3.05, 3.63) is 267 Å². The maximum Gasteiger partial charge on any atom is 0.179 e. The van der Waals surface area contributed by atoms with Gasteiger partial charge in [0.15, 0.2) is 8.07 Å². The summed E-state index contributed by atoms with van der Waals surface area (Å²) in [5.74, 6) is 0. The first-order valence-electron chi connectivity index (χ1n) is 24.1. The summed E-state index contributed by atoms with van der Waals surface area (Å²) in [6.45, 7) is 0. The summed E-state index contributed by atoms with van der Waals surface area (Å²) in [7, 11) is -2.76. The first-order valence-corrected chi connectivity index (χ1v) is 26.9. The number of para-hydroxylation sites is 1. The Bertz CT molecular complexity index is 4190. The molecule has 0 bridgehead atoms. The smallest absolute Gasteiger partial charge is 0.179 e. The monoisotopic (exact) mass is 924 g/mol. The molecule has 0 aliphatic rings. The minimum atomic E-state index is -2.76. The molecule has 0 spiro atoms. The van der Waals surface area contributed by atoms with Crippen molar-refractivity contribution in [3.63, 3.8) is 0 Å². The molecule has 328 valence electrons. The molecule has 0 saturated carbocycles. The van der Waals surface area contributed by atoms with Gasteiger partial charge in [0.1, 0.15) is 0 Å². The van der Waals surface area contributed by atoms with Gasteiger partial charge in [-0.2, -0.15) is 0 Å². The Morgan fingerprint density at radius 3 is 1.30 bits per heavy atom. The van der Waals surface area contributed by atoms with Gasteiger partial charge in [-0.05, 0) is 122 Å². The minimum absolute atomic E-state index is 1.14. The molecule has 0 atom stereocenters. The lowest BCUT2D eigenvalue weighted by Gasteiger charge is -2.34. The van der Waals surface area contributed by atoms with E-state index >= 15 is 0 Å². The predicted octanol–water partition coefficient (Wildman–Crippen LogP) is 15.0. The third kappa shape index (κ3) is 6.31. The SMILES string of the molecule is c1ccc(-c2ccc3c(c2)c2cc(-c4ccc5sc6ccccc6c5c4)ccc2n3-c2ccc3c(c2)c2ccccc2n3-c2cccc([Si](c3ccccc3)(c3ccccc3)c3ccccc3)c2)cc1. The van der Waals surface area contributed by atoms with Gasteiger partial charge in [-0.1, -0.05) is 188 Å². The normalized spacial score (nSPS) is 12.0. The number of hydrogen-bond acceptors (Lipinski definition) is 1. The summed E-state index contributed by atoms with van der Waals surface area (Å²) in [5.41, 5.74) is 11.9. The van der Waals surface area contributed by atoms with Crippen molar-refractivity contribution in [2.24, 2.45) is 0 Å². The van der Waals surface area contributed by atoms with Crippen LogP contribution >= 0.6 is 11.3 Å². The van der Waals surface area contributed by atoms with Gasteiger partial charge < -0.3 is 9.13 Å². The Morgan fingerprint density at radius 1 is 0.243 bits per heavy atom. The van der Waals surface area contributed by atoms with Gasteiger partial charge in [-0.25, -0.2) is 0 Å². The van der Waals surface area contributed by atoms with Crippen molar-refractivity contribution < 1.29 is 0 Å². The molecule has 14 rings (SSSR count). The topological polar surface area (TPSA) is 9.86 Å². The molecular formula is C66H44N2SSi. The molecule has 4 heteroatoms. The van der Waals surface area contributed by atoms with E-state index in [1.807, 2.05) is 11.3 Å². The Morgan fingerprint density at radius 2 is 0.671 bits per heavy atom. The van der Waals surface area contributed by atoms with E-state index in [0.29, 0.717) is 0 Å². The number of hydrogen-bond donors (Lipinski definition) is 0. The highest BCUT2D eigenvalue weighted by Crippen LogP contribution is 2.41. The van der Waals surface area contributed by atoms with Crippen LogP contribution in [-0.4, -0.2) is 17.2 Å². The van der Waals surface area contributed by atoms with E-state index in [-0.39, 0.29) is 0 Å². The molecule has 14 aromatic rings. The van der Waals surface area contributed by atoms with Crippen molar-refractivity contribution in [3.8, 4) is 33.6 Å². The molecule has 0 saturated heterocycles. The average Bonchev–Trinajstić information content (AvgIpc) is 4.09. The summed E-state index contributed by atoms with van der Waals surface area (Å²) < 4.78 is 7.61. The summed E-state index contributed by atoms with van der Waals surface area (Å²) in [5, 5.41) is 13.0. The van der Waals surface area contributed by atoms with Gasteiger partial charge >= 0.3 is 0 Å². The fourth-order valence-corrected chi connectivity index (χ4v) is 17.4. The second-order valence-corrected chi connectivity index (χ2v) is 23.3. The molecule has 0 aliphatic heterocycles. The fourth-order valence-electron chi connectivity index (χ4n) is 11.5. The van der Waals surface area contributed by atoms with Crippen LogP contribution in [0.5, 0.6) is 0 Å². The lowest BCUT2D eigenvalue weighted by atomic mass is 9.99. The zero-order valence-electron chi connectivity index (χ0n) is 38.2. The Labute approximate surface area is 411 Å². The van der Waals surface area contributed by atoms with Crippen LogP contribution in [-0.2, 0) is 0 Å². The second-order valence-electron chi connectivity index (χ2n) is 18.4. The standard InChI is InChI=1S/C66H44N2SSi/c1-5-18-45(19-6-1)46-32-36-62-57(40-46)58-41-47(48-34-39-66-60(42-48)56-29-14-16-31-65(56)69-66)33-37-63(58)68(62)50-35-38-64-59(44-50)55-28-13-15-30-61(55)67(64)49-20-17-27-54(43-49)70(51-21-7-2-8-22-51,52-23-9-3-10-24-52)53-25-11-4-12-26-53/h1-44H. The highest BCUT2D eigenvalue weighted by atomic mass is 32.1. The van der Waals surface area contributed by atoms with Crippen LogP contribution in [0, 0.1) is 0 Å². The molecule has 70 heavy (non-hydrogen) atoms. The molecule has 0 unspecified atom stereocenters. The zero-order valence-corrected chi connectivity index (χ0v) is 40.0. The van der Waals surface area contributed by atoms with Gasteiger partial charge in [0.25, 0.3) is 0 Å². The van der Waals surface area contributed by atoms with Gasteiger partial charge in [-0.3, -0.25) is 0 Å². The van der Waals surface area contributed by atoms with Crippen molar-refractivity contribution in [2.45, 2.75) is 0 Å². The maximum absolute atomic E-state index is 2.76. The predicted molar refractivity (Wildman–Crippen MR) is 302 cm³/mol. The van der Waals surface area contributed by atoms with Gasteiger partial charge in [0.2, 0.25) is 0 Å². The lowest BCUT2D eigenvalue weighted by Crippen LogP contribution is -2.74. The molecule has 3 aromatic heterocycles. The molecular weight excluding hydrogens is 881 g/mol. The van der Waals surface area contributed by atoms with Crippen molar-refractivity contribution in [1.29, 1.82) is 0 Å². The highest BCUT2D eigenvalue weighted by Gasteiger charge is 2.41. The molecule has 0 amide bonds. The van der Waals surface area contributed by atoms with E-state index in [1.165, 1.54) is 107 Å². The highest BCUT2D eigenvalue weighted by molar-refractivity contribution is 7.25. The number of benzene rings is 11. The summed E-state index contributed by atoms with van der Waals surface area (Å²) in [6.07, 6.45) is 0. The molecule has 3 heterocycles. The first kappa shape index (κ1) is 40.5. The van der Waals surface area contributed by atoms with Crippen LogP contribution in [0.1, 0.15) is 0 Å². The maximum atomic E-state index is 2.48. The number of nitrogens with zero attached hydrogens (tertiary/aromatic N) is 2. The van der Waals surface area contributed by atoms with Crippen LogP contribution < -0.4 is 20.7 Å². The third-order valence-corrected chi connectivity index (χ3v) is 20.6. The van der Waals surface area contributed by atoms with Crippen LogP contribution in [0.3, 0.4) is 0 Å².